The largest absolute Gasteiger partial charge is 0.354 e. The molecule has 1 N–H and O–H groups in total. The van der Waals surface area contributed by atoms with Crippen LogP contribution in [-0.4, -0.2) is 4.98 Å². The lowest BCUT2D eigenvalue weighted by molar-refractivity contribution is 0.624. The number of nitrogens with one attached hydrogen (secondary N) is 1. The van der Waals surface area contributed by atoms with Crippen LogP contribution in [0.15, 0.2) is 36.5 Å². The molecular weight excluding hydrogens is 231 g/mol. The van der Waals surface area contributed by atoms with E-state index in [-0.39, 0.29) is 11.3 Å². The zero-order chi connectivity index (χ0) is 13.0. The van der Waals surface area contributed by atoms with Gasteiger partial charge in [0, 0.05) is 11.9 Å². The van der Waals surface area contributed by atoms with Crippen molar-refractivity contribution in [1.29, 1.82) is 10.5 Å². The molecule has 4 nitrogen and oxygen atoms in total. The monoisotopic (exact) mass is 238 g/mol. The summed E-state index contributed by atoms with van der Waals surface area (Å²) >= 11 is 0. The zero-order valence-corrected chi connectivity index (χ0v) is 9.18. The average molecular weight is 238 g/mol. The van der Waals surface area contributed by atoms with Crippen LogP contribution in [0.2, 0.25) is 0 Å². The second-order valence-electron chi connectivity index (χ2n) is 3.44. The van der Waals surface area contributed by atoms with E-state index >= 15 is 0 Å². The molecule has 0 amide bonds. The van der Waals surface area contributed by atoms with Gasteiger partial charge in [-0.1, -0.05) is 6.07 Å². The highest BCUT2D eigenvalue weighted by molar-refractivity contribution is 5.67. The fourth-order valence-electron chi connectivity index (χ4n) is 1.47. The molecule has 1 aromatic carbocycles. The first-order valence-corrected chi connectivity index (χ1v) is 5.06. The van der Waals surface area contributed by atoms with Crippen molar-refractivity contribution in [3.05, 3.63) is 53.6 Å². The molecule has 2 rings (SSSR count). The standard InChI is InChI=1S/C13H7FN4/c14-12-2-1-3-13(11(12)8-16)18-9-4-5-17-10(6-9)7-15/h1-6H,(H,17,18). The summed E-state index contributed by atoms with van der Waals surface area (Å²) in [6, 6.07) is 11.2. The second kappa shape index (κ2) is 4.94. The molecule has 18 heavy (non-hydrogen) atoms. The third-order valence-electron chi connectivity index (χ3n) is 2.28. The first-order chi connectivity index (χ1) is 8.74. The second-order valence-corrected chi connectivity index (χ2v) is 3.44. The van der Waals surface area contributed by atoms with E-state index in [0.717, 1.165) is 0 Å². The number of nitrogens with zero attached hydrogens (tertiary/aromatic N) is 3. The fourth-order valence-corrected chi connectivity index (χ4v) is 1.47. The van der Waals surface area contributed by atoms with Crippen LogP contribution in [0.25, 0.3) is 0 Å². The molecule has 0 aliphatic rings. The number of benzene rings is 1. The van der Waals surface area contributed by atoms with Gasteiger partial charge in [0.1, 0.15) is 29.2 Å². The minimum atomic E-state index is -0.586. The van der Waals surface area contributed by atoms with E-state index in [1.165, 1.54) is 24.4 Å². The highest BCUT2D eigenvalue weighted by Crippen LogP contribution is 2.22. The Morgan fingerprint density at radius 2 is 2.00 bits per heavy atom. The number of rotatable bonds is 2. The minimum absolute atomic E-state index is 0.0622. The van der Waals surface area contributed by atoms with Crippen molar-refractivity contribution < 1.29 is 4.39 Å². The van der Waals surface area contributed by atoms with Crippen LogP contribution >= 0.6 is 0 Å². The first-order valence-electron chi connectivity index (χ1n) is 5.06. The van der Waals surface area contributed by atoms with Crippen molar-refractivity contribution in [2.75, 3.05) is 5.32 Å². The van der Waals surface area contributed by atoms with E-state index in [4.69, 9.17) is 10.5 Å². The molecule has 0 unspecified atom stereocenters. The Kier molecular flexibility index (Phi) is 3.17. The highest BCUT2D eigenvalue weighted by Gasteiger charge is 2.07. The zero-order valence-electron chi connectivity index (χ0n) is 9.18. The van der Waals surface area contributed by atoms with Crippen LogP contribution < -0.4 is 5.32 Å². The van der Waals surface area contributed by atoms with Gasteiger partial charge in [0.05, 0.1) is 5.69 Å². The van der Waals surface area contributed by atoms with Crippen molar-refractivity contribution >= 4 is 11.4 Å². The lowest BCUT2D eigenvalue weighted by Gasteiger charge is -2.08. The first kappa shape index (κ1) is 11.6. The number of pyridine rings is 1. The number of hydrogen-bond acceptors (Lipinski definition) is 4. The van der Waals surface area contributed by atoms with Gasteiger partial charge in [0.15, 0.2) is 0 Å². The number of aromatic nitrogens is 1. The van der Waals surface area contributed by atoms with Gasteiger partial charge in [0.25, 0.3) is 0 Å². The molecular formula is C13H7FN4. The lowest BCUT2D eigenvalue weighted by atomic mass is 10.1. The normalized spacial score (nSPS) is 9.28. The Bertz CT molecular complexity index is 667. The average Bonchev–Trinajstić information content (AvgIpc) is 2.39. The van der Waals surface area contributed by atoms with Crippen LogP contribution in [0.4, 0.5) is 15.8 Å². The van der Waals surface area contributed by atoms with Gasteiger partial charge in [-0.25, -0.2) is 9.37 Å². The Morgan fingerprint density at radius 1 is 1.17 bits per heavy atom. The minimum Gasteiger partial charge on any atom is -0.354 e. The molecule has 5 heteroatoms. The molecule has 1 heterocycles. The van der Waals surface area contributed by atoms with Crippen molar-refractivity contribution in [3.63, 3.8) is 0 Å². The van der Waals surface area contributed by atoms with Crippen LogP contribution in [0.5, 0.6) is 0 Å². The maximum absolute atomic E-state index is 13.4. The molecule has 0 saturated heterocycles. The number of hydrogen-bond donors (Lipinski definition) is 1. The summed E-state index contributed by atoms with van der Waals surface area (Å²) in [5.41, 5.74) is 1.11. The van der Waals surface area contributed by atoms with E-state index in [0.29, 0.717) is 11.4 Å². The van der Waals surface area contributed by atoms with E-state index in [2.05, 4.69) is 10.3 Å². The fraction of sp³-hybridized carbons (Fsp3) is 0. The summed E-state index contributed by atoms with van der Waals surface area (Å²) in [6.45, 7) is 0. The highest BCUT2D eigenvalue weighted by atomic mass is 19.1. The van der Waals surface area contributed by atoms with Gasteiger partial charge in [-0.2, -0.15) is 10.5 Å². The van der Waals surface area contributed by atoms with Crippen molar-refractivity contribution in [2.24, 2.45) is 0 Å². The molecule has 0 radical (unpaired) electrons. The van der Waals surface area contributed by atoms with E-state index in [1.807, 2.05) is 6.07 Å². The maximum Gasteiger partial charge on any atom is 0.143 e. The van der Waals surface area contributed by atoms with Crippen molar-refractivity contribution in [3.8, 4) is 12.1 Å². The topological polar surface area (TPSA) is 72.5 Å². The molecule has 0 aliphatic carbocycles. The summed E-state index contributed by atoms with van der Waals surface area (Å²) in [5, 5.41) is 20.5. The maximum atomic E-state index is 13.4. The Morgan fingerprint density at radius 3 is 2.72 bits per heavy atom. The Balaban J connectivity index is 2.38. The predicted octanol–water partition coefficient (Wildman–Crippen LogP) is 2.71. The van der Waals surface area contributed by atoms with Gasteiger partial charge in [-0.3, -0.25) is 0 Å². The van der Waals surface area contributed by atoms with Gasteiger partial charge in [-0.05, 0) is 24.3 Å². The van der Waals surface area contributed by atoms with Gasteiger partial charge >= 0.3 is 0 Å². The van der Waals surface area contributed by atoms with E-state index < -0.39 is 5.82 Å². The quantitative estimate of drug-likeness (QED) is 0.872. The van der Waals surface area contributed by atoms with Gasteiger partial charge in [-0.15, -0.1) is 0 Å². The summed E-state index contributed by atoms with van der Waals surface area (Å²) in [6.07, 6.45) is 1.46. The summed E-state index contributed by atoms with van der Waals surface area (Å²) in [7, 11) is 0. The van der Waals surface area contributed by atoms with Gasteiger partial charge < -0.3 is 5.32 Å². The van der Waals surface area contributed by atoms with Crippen molar-refractivity contribution in [2.45, 2.75) is 0 Å². The summed E-state index contributed by atoms with van der Waals surface area (Å²) in [5.74, 6) is -0.586. The molecule has 0 saturated carbocycles. The van der Waals surface area contributed by atoms with E-state index in [1.54, 1.807) is 18.2 Å². The molecule has 0 spiro atoms. The van der Waals surface area contributed by atoms with Crippen LogP contribution in [0.3, 0.4) is 0 Å². The number of nitriles is 2. The van der Waals surface area contributed by atoms with Crippen LogP contribution in [-0.2, 0) is 0 Å². The smallest absolute Gasteiger partial charge is 0.143 e. The molecule has 0 atom stereocenters. The molecule has 1 aromatic heterocycles. The molecule has 0 bridgehead atoms. The number of anilines is 2. The van der Waals surface area contributed by atoms with Crippen molar-refractivity contribution in [1.82, 2.24) is 4.98 Å². The summed E-state index contributed by atoms with van der Waals surface area (Å²) in [4.78, 5) is 3.82. The Hall–Kier alpha value is -2.92. The summed E-state index contributed by atoms with van der Waals surface area (Å²) < 4.78 is 13.4. The third kappa shape index (κ3) is 2.26. The lowest BCUT2D eigenvalue weighted by Crippen LogP contribution is -1.96. The number of halogens is 1. The Labute approximate surface area is 103 Å². The molecule has 0 fully saturated rings. The van der Waals surface area contributed by atoms with Crippen LogP contribution in [0, 0.1) is 28.5 Å². The predicted molar refractivity (Wildman–Crippen MR) is 63.3 cm³/mol. The third-order valence-corrected chi connectivity index (χ3v) is 2.28. The van der Waals surface area contributed by atoms with E-state index in [9.17, 15) is 4.39 Å². The van der Waals surface area contributed by atoms with Gasteiger partial charge in [0.2, 0.25) is 0 Å². The molecule has 2 aromatic rings. The van der Waals surface area contributed by atoms with Crippen LogP contribution in [0.1, 0.15) is 11.3 Å². The SMILES string of the molecule is N#Cc1cc(Nc2cccc(F)c2C#N)ccn1. The molecule has 0 aliphatic heterocycles. The molecule has 86 valence electrons.